The highest BCUT2D eigenvalue weighted by atomic mass is 16.5. The lowest BCUT2D eigenvalue weighted by molar-refractivity contribution is -0.142. The van der Waals surface area contributed by atoms with Crippen LogP contribution in [0.1, 0.15) is 44.4 Å². The van der Waals surface area contributed by atoms with Crippen LogP contribution in [-0.2, 0) is 19.1 Å². The highest BCUT2D eigenvalue weighted by Crippen LogP contribution is 2.22. The molecular formula is C15H20N2O5. The number of carboxylic acid groups (broad SMARTS) is 1. The number of hydrogen-bond donors (Lipinski definition) is 1. The zero-order chi connectivity index (χ0) is 15.9. The van der Waals surface area contributed by atoms with E-state index in [1.54, 1.807) is 24.0 Å². The van der Waals surface area contributed by atoms with Crippen LogP contribution in [0.2, 0.25) is 0 Å². The Labute approximate surface area is 128 Å². The lowest BCUT2D eigenvalue weighted by Gasteiger charge is -2.22. The molecule has 2 heterocycles. The van der Waals surface area contributed by atoms with Crippen LogP contribution in [0.4, 0.5) is 0 Å². The summed E-state index contributed by atoms with van der Waals surface area (Å²) in [4.78, 5) is 22.7. The maximum atomic E-state index is 11.8. The topological polar surface area (TPSA) is 90.6 Å². The molecule has 1 aromatic heterocycles. The van der Waals surface area contributed by atoms with Gasteiger partial charge in [0.1, 0.15) is 6.23 Å². The van der Waals surface area contributed by atoms with E-state index in [0.717, 1.165) is 19.3 Å². The van der Waals surface area contributed by atoms with Crippen LogP contribution in [-0.4, -0.2) is 40.0 Å². The van der Waals surface area contributed by atoms with Gasteiger partial charge in [-0.15, -0.1) is 0 Å². The molecule has 0 saturated carbocycles. The fourth-order valence-corrected chi connectivity index (χ4v) is 2.29. The molecule has 7 nitrogen and oxygen atoms in total. The lowest BCUT2D eigenvalue weighted by Crippen LogP contribution is -2.18. The minimum absolute atomic E-state index is 0.0958. The third-order valence-corrected chi connectivity index (χ3v) is 3.29. The van der Waals surface area contributed by atoms with Crippen LogP contribution in [0.3, 0.4) is 0 Å². The Kier molecular flexibility index (Phi) is 5.71. The third kappa shape index (κ3) is 4.42. The van der Waals surface area contributed by atoms with Gasteiger partial charge in [-0.3, -0.25) is 4.79 Å². The van der Waals surface area contributed by atoms with Crippen molar-refractivity contribution in [3.05, 3.63) is 23.5 Å². The second kappa shape index (κ2) is 7.74. The maximum Gasteiger partial charge on any atom is 0.334 e. The maximum absolute atomic E-state index is 11.8. The van der Waals surface area contributed by atoms with Crippen LogP contribution >= 0.6 is 0 Å². The predicted molar refractivity (Wildman–Crippen MR) is 77.9 cm³/mol. The van der Waals surface area contributed by atoms with Crippen LogP contribution in [0, 0.1) is 0 Å². The molecule has 7 heteroatoms. The Morgan fingerprint density at radius 3 is 3.00 bits per heavy atom. The molecule has 0 amide bonds. The summed E-state index contributed by atoms with van der Waals surface area (Å²) in [5.41, 5.74) is 0.747. The first kappa shape index (κ1) is 16.2. The van der Waals surface area contributed by atoms with Gasteiger partial charge in [-0.25, -0.2) is 9.48 Å². The van der Waals surface area contributed by atoms with Crippen molar-refractivity contribution in [3.8, 4) is 0 Å². The quantitative estimate of drug-likeness (QED) is 0.638. The predicted octanol–water partition coefficient (Wildman–Crippen LogP) is 2.00. The molecule has 1 aliphatic rings. The van der Waals surface area contributed by atoms with Crippen molar-refractivity contribution in [2.24, 2.45) is 0 Å². The van der Waals surface area contributed by atoms with Crippen molar-refractivity contribution in [3.63, 3.8) is 0 Å². The molecule has 0 spiro atoms. The largest absolute Gasteiger partial charge is 0.481 e. The molecule has 1 aliphatic heterocycles. The van der Waals surface area contributed by atoms with Gasteiger partial charge < -0.3 is 14.6 Å². The highest BCUT2D eigenvalue weighted by molar-refractivity contribution is 5.97. The fourth-order valence-electron chi connectivity index (χ4n) is 2.29. The first-order chi connectivity index (χ1) is 10.6. The van der Waals surface area contributed by atoms with E-state index in [-0.39, 0.29) is 24.8 Å². The Hall–Kier alpha value is -2.15. The second-order valence-electron chi connectivity index (χ2n) is 5.04. The van der Waals surface area contributed by atoms with Crippen LogP contribution in [0.25, 0.3) is 6.08 Å². The number of aliphatic carboxylic acids is 1. The van der Waals surface area contributed by atoms with Crippen molar-refractivity contribution in [2.45, 2.75) is 38.8 Å². The number of ether oxygens (including phenoxy) is 2. The first-order valence-corrected chi connectivity index (χ1v) is 7.35. The van der Waals surface area contributed by atoms with E-state index in [1.807, 2.05) is 0 Å². The minimum Gasteiger partial charge on any atom is -0.481 e. The molecule has 1 fully saturated rings. The SMILES string of the molecule is CCOC(=O)/C(=C\c1cnn(C2CCCCO2)c1)CC(=O)O. The van der Waals surface area contributed by atoms with Crippen LogP contribution in [0.5, 0.6) is 0 Å². The minimum atomic E-state index is -1.08. The van der Waals surface area contributed by atoms with E-state index >= 15 is 0 Å². The van der Waals surface area contributed by atoms with Crippen molar-refractivity contribution in [2.75, 3.05) is 13.2 Å². The van der Waals surface area contributed by atoms with E-state index in [4.69, 9.17) is 14.6 Å². The number of rotatable bonds is 6. The van der Waals surface area contributed by atoms with Crippen molar-refractivity contribution in [1.82, 2.24) is 9.78 Å². The molecule has 1 saturated heterocycles. The van der Waals surface area contributed by atoms with Gasteiger partial charge in [0.2, 0.25) is 0 Å². The van der Waals surface area contributed by atoms with Crippen LogP contribution in [0.15, 0.2) is 18.0 Å². The van der Waals surface area contributed by atoms with Gasteiger partial charge in [0.15, 0.2) is 0 Å². The van der Waals surface area contributed by atoms with Gasteiger partial charge in [-0.05, 0) is 32.3 Å². The summed E-state index contributed by atoms with van der Waals surface area (Å²) in [6, 6.07) is 0. The molecular weight excluding hydrogens is 288 g/mol. The van der Waals surface area contributed by atoms with E-state index < -0.39 is 11.9 Å². The van der Waals surface area contributed by atoms with Gasteiger partial charge in [-0.1, -0.05) is 0 Å². The lowest BCUT2D eigenvalue weighted by atomic mass is 10.1. The van der Waals surface area contributed by atoms with E-state index in [2.05, 4.69) is 5.10 Å². The van der Waals surface area contributed by atoms with E-state index in [1.165, 1.54) is 6.08 Å². The summed E-state index contributed by atoms with van der Waals surface area (Å²) in [5.74, 6) is -1.70. The number of carboxylic acids is 1. The molecule has 120 valence electrons. The molecule has 1 N–H and O–H groups in total. The average molecular weight is 308 g/mol. The van der Waals surface area contributed by atoms with Gasteiger partial charge in [0, 0.05) is 23.9 Å². The summed E-state index contributed by atoms with van der Waals surface area (Å²) in [6.45, 7) is 2.59. The Morgan fingerprint density at radius 2 is 2.36 bits per heavy atom. The van der Waals surface area contributed by atoms with Crippen molar-refractivity contribution < 1.29 is 24.2 Å². The number of carbonyl (C=O) groups excluding carboxylic acids is 1. The zero-order valence-electron chi connectivity index (χ0n) is 12.5. The Bertz CT molecular complexity index is 558. The molecule has 22 heavy (non-hydrogen) atoms. The Balaban J connectivity index is 2.14. The number of aromatic nitrogens is 2. The van der Waals surface area contributed by atoms with E-state index in [9.17, 15) is 9.59 Å². The summed E-state index contributed by atoms with van der Waals surface area (Å²) in [6.07, 6.45) is 7.38. The summed E-state index contributed by atoms with van der Waals surface area (Å²) in [7, 11) is 0. The first-order valence-electron chi connectivity index (χ1n) is 7.35. The zero-order valence-corrected chi connectivity index (χ0v) is 12.5. The third-order valence-electron chi connectivity index (χ3n) is 3.29. The van der Waals surface area contributed by atoms with Gasteiger partial charge in [0.25, 0.3) is 0 Å². The molecule has 1 aromatic rings. The second-order valence-corrected chi connectivity index (χ2v) is 5.04. The molecule has 0 aromatic carbocycles. The van der Waals surface area contributed by atoms with Gasteiger partial charge >= 0.3 is 11.9 Å². The Morgan fingerprint density at radius 1 is 1.55 bits per heavy atom. The summed E-state index contributed by atoms with van der Waals surface area (Å²) >= 11 is 0. The molecule has 1 atom stereocenters. The normalized spacial score (nSPS) is 19.0. The van der Waals surface area contributed by atoms with Crippen LogP contribution < -0.4 is 0 Å². The number of esters is 1. The monoisotopic (exact) mass is 308 g/mol. The molecule has 0 bridgehead atoms. The molecule has 2 rings (SSSR count). The standard InChI is InChI=1S/C15H20N2O5/c1-2-21-15(20)12(8-14(18)19)7-11-9-16-17(10-11)13-5-3-4-6-22-13/h7,9-10,13H,2-6,8H2,1H3,(H,18,19)/b12-7-. The van der Waals surface area contributed by atoms with Gasteiger partial charge in [0.05, 0.1) is 19.2 Å². The number of hydrogen-bond acceptors (Lipinski definition) is 5. The highest BCUT2D eigenvalue weighted by Gasteiger charge is 2.18. The molecule has 1 unspecified atom stereocenters. The van der Waals surface area contributed by atoms with Gasteiger partial charge in [-0.2, -0.15) is 5.10 Å². The molecule has 0 radical (unpaired) electrons. The molecule has 0 aliphatic carbocycles. The summed E-state index contributed by atoms with van der Waals surface area (Å²) in [5, 5.41) is 13.1. The number of nitrogens with zero attached hydrogens (tertiary/aromatic N) is 2. The summed E-state index contributed by atoms with van der Waals surface area (Å²) < 4.78 is 12.2. The average Bonchev–Trinajstić information content (AvgIpc) is 2.96. The number of carbonyl (C=O) groups is 2. The van der Waals surface area contributed by atoms with E-state index in [0.29, 0.717) is 12.2 Å². The van der Waals surface area contributed by atoms with Crippen molar-refractivity contribution in [1.29, 1.82) is 0 Å². The van der Waals surface area contributed by atoms with Crippen molar-refractivity contribution >= 4 is 18.0 Å². The fraction of sp³-hybridized carbons (Fsp3) is 0.533. The smallest absolute Gasteiger partial charge is 0.334 e.